The minimum absolute atomic E-state index is 0.0714. The Labute approximate surface area is 187 Å². The van der Waals surface area contributed by atoms with Crippen LogP contribution in [0, 0.1) is 5.82 Å². The molecule has 0 saturated heterocycles. The van der Waals surface area contributed by atoms with E-state index in [1.807, 2.05) is 51.1 Å². The normalized spacial score (nSPS) is 12.2. The average molecular weight is 459 g/mol. The second-order valence-electron chi connectivity index (χ2n) is 8.35. The molecule has 0 aliphatic rings. The van der Waals surface area contributed by atoms with Gasteiger partial charge in [0.05, 0.1) is 22.8 Å². The molecule has 0 atom stereocenters. The fourth-order valence-electron chi connectivity index (χ4n) is 3.07. The maximum Gasteiger partial charge on any atom is 0.243 e. The molecule has 0 spiro atoms. The number of carbonyl (C=O) groups excluding carboxylic acids is 1. The molecule has 0 saturated carbocycles. The molecule has 0 aliphatic carbocycles. The molecule has 1 N–H and O–H groups in total. The largest absolute Gasteiger partial charge is 0.309 e. The lowest BCUT2D eigenvalue weighted by atomic mass is 9.92. The quantitative estimate of drug-likeness (QED) is 0.581. The lowest BCUT2D eigenvalue weighted by molar-refractivity contribution is -0.116. The second-order valence-corrected chi connectivity index (χ2v) is 10.3. The number of nitrogens with one attached hydrogen (secondary N) is 1. The molecule has 170 valence electrons. The number of anilines is 1. The predicted molar refractivity (Wildman–Crippen MR) is 122 cm³/mol. The first-order valence-corrected chi connectivity index (χ1v) is 11.7. The zero-order valence-corrected chi connectivity index (χ0v) is 19.4. The molecule has 3 aromatic rings. The van der Waals surface area contributed by atoms with Crippen LogP contribution in [0.1, 0.15) is 33.4 Å². The summed E-state index contributed by atoms with van der Waals surface area (Å²) in [5.41, 5.74) is 1.30. The smallest absolute Gasteiger partial charge is 0.243 e. The Balaban J connectivity index is 1.86. The summed E-state index contributed by atoms with van der Waals surface area (Å²) < 4.78 is 41.7. The Bertz CT molecular complexity index is 1180. The van der Waals surface area contributed by atoms with Gasteiger partial charge in [0.2, 0.25) is 15.9 Å². The second kappa shape index (κ2) is 9.22. The highest BCUT2D eigenvalue weighted by molar-refractivity contribution is 7.89. The van der Waals surface area contributed by atoms with Crippen molar-refractivity contribution in [1.29, 1.82) is 0 Å². The summed E-state index contributed by atoms with van der Waals surface area (Å²) in [6, 6.07) is 15.7. The van der Waals surface area contributed by atoms with E-state index in [1.165, 1.54) is 12.1 Å². The molecular formula is C23H27FN4O3S. The van der Waals surface area contributed by atoms with Gasteiger partial charge in [-0.25, -0.2) is 17.5 Å². The SMILES string of the molecule is CCN(CC(=O)Nc1cc(C(C)(C)C)nn1-c1ccccc1)S(=O)(=O)c1ccc(F)cc1. The molecule has 9 heteroatoms. The molecule has 0 fully saturated rings. The van der Waals surface area contributed by atoms with Gasteiger partial charge in [-0.3, -0.25) is 4.79 Å². The summed E-state index contributed by atoms with van der Waals surface area (Å²) in [4.78, 5) is 12.8. The summed E-state index contributed by atoms with van der Waals surface area (Å²) >= 11 is 0. The lowest BCUT2D eigenvalue weighted by Gasteiger charge is -2.20. The van der Waals surface area contributed by atoms with Gasteiger partial charge in [0.1, 0.15) is 11.6 Å². The van der Waals surface area contributed by atoms with Gasteiger partial charge in [0.15, 0.2) is 0 Å². The molecule has 3 rings (SSSR count). The van der Waals surface area contributed by atoms with Gasteiger partial charge in [-0.05, 0) is 36.4 Å². The summed E-state index contributed by atoms with van der Waals surface area (Å²) in [7, 11) is -3.95. The van der Waals surface area contributed by atoms with Crippen LogP contribution in [0.15, 0.2) is 65.6 Å². The van der Waals surface area contributed by atoms with Crippen LogP contribution in [-0.2, 0) is 20.2 Å². The monoisotopic (exact) mass is 458 g/mol. The van der Waals surface area contributed by atoms with Crippen LogP contribution in [0.25, 0.3) is 5.69 Å². The van der Waals surface area contributed by atoms with Gasteiger partial charge >= 0.3 is 0 Å². The van der Waals surface area contributed by atoms with E-state index in [1.54, 1.807) is 17.7 Å². The summed E-state index contributed by atoms with van der Waals surface area (Å²) in [5, 5.41) is 7.44. The maximum absolute atomic E-state index is 13.2. The Morgan fingerprint density at radius 3 is 2.28 bits per heavy atom. The number of sulfonamides is 1. The number of aromatic nitrogens is 2. The molecule has 0 radical (unpaired) electrons. The summed E-state index contributed by atoms with van der Waals surface area (Å²) in [6.07, 6.45) is 0. The average Bonchev–Trinajstić information content (AvgIpc) is 3.17. The number of carbonyl (C=O) groups is 1. The highest BCUT2D eigenvalue weighted by Gasteiger charge is 2.27. The van der Waals surface area contributed by atoms with E-state index in [0.717, 1.165) is 27.8 Å². The van der Waals surface area contributed by atoms with Crippen molar-refractivity contribution >= 4 is 21.7 Å². The van der Waals surface area contributed by atoms with Gasteiger partial charge in [-0.15, -0.1) is 0 Å². The fourth-order valence-corrected chi connectivity index (χ4v) is 4.47. The summed E-state index contributed by atoms with van der Waals surface area (Å²) in [5.74, 6) is -0.593. The number of hydrogen-bond acceptors (Lipinski definition) is 4. The van der Waals surface area contributed by atoms with Gasteiger partial charge in [-0.2, -0.15) is 9.40 Å². The first kappa shape index (κ1) is 23.6. The number of benzene rings is 2. The molecule has 1 amide bonds. The number of halogens is 1. The number of nitrogens with zero attached hydrogens (tertiary/aromatic N) is 3. The van der Waals surface area contributed by atoms with Crippen molar-refractivity contribution in [2.45, 2.75) is 38.0 Å². The number of hydrogen-bond donors (Lipinski definition) is 1. The lowest BCUT2D eigenvalue weighted by Crippen LogP contribution is -2.38. The van der Waals surface area contributed by atoms with Crippen LogP contribution in [0.3, 0.4) is 0 Å². The minimum Gasteiger partial charge on any atom is -0.309 e. The highest BCUT2D eigenvalue weighted by Crippen LogP contribution is 2.26. The van der Waals surface area contributed by atoms with Crippen molar-refractivity contribution < 1.29 is 17.6 Å². The van der Waals surface area contributed by atoms with Crippen LogP contribution < -0.4 is 5.32 Å². The first-order valence-electron chi connectivity index (χ1n) is 10.2. The van der Waals surface area contributed by atoms with Crippen molar-refractivity contribution in [3.8, 4) is 5.69 Å². The first-order chi connectivity index (χ1) is 15.0. The molecule has 1 aromatic heterocycles. The van der Waals surface area contributed by atoms with E-state index in [-0.39, 0.29) is 23.4 Å². The molecule has 0 aliphatic heterocycles. The molecule has 32 heavy (non-hydrogen) atoms. The highest BCUT2D eigenvalue weighted by atomic mass is 32.2. The summed E-state index contributed by atoms with van der Waals surface area (Å²) in [6.45, 7) is 7.39. The topological polar surface area (TPSA) is 84.3 Å². The Morgan fingerprint density at radius 2 is 1.72 bits per heavy atom. The number of amides is 1. The van der Waals surface area contributed by atoms with E-state index >= 15 is 0 Å². The van der Waals surface area contributed by atoms with Crippen LogP contribution in [0.5, 0.6) is 0 Å². The van der Waals surface area contributed by atoms with E-state index < -0.39 is 21.7 Å². The Hall–Kier alpha value is -3.04. The van der Waals surface area contributed by atoms with Crippen molar-refractivity contribution in [3.05, 3.63) is 72.2 Å². The van der Waals surface area contributed by atoms with Crippen molar-refractivity contribution in [1.82, 2.24) is 14.1 Å². The third-order valence-corrected chi connectivity index (χ3v) is 6.81. The van der Waals surface area contributed by atoms with Crippen molar-refractivity contribution in [3.63, 3.8) is 0 Å². The van der Waals surface area contributed by atoms with Crippen molar-refractivity contribution in [2.75, 3.05) is 18.4 Å². The van der Waals surface area contributed by atoms with E-state index in [9.17, 15) is 17.6 Å². The van der Waals surface area contributed by atoms with E-state index in [0.29, 0.717) is 5.82 Å². The Kier molecular flexibility index (Phi) is 6.80. The van der Waals surface area contributed by atoms with Crippen LogP contribution in [0.4, 0.5) is 10.2 Å². The Morgan fingerprint density at radius 1 is 1.09 bits per heavy atom. The predicted octanol–water partition coefficient (Wildman–Crippen LogP) is 3.96. The fraction of sp³-hybridized carbons (Fsp3) is 0.304. The van der Waals surface area contributed by atoms with Crippen molar-refractivity contribution in [2.24, 2.45) is 0 Å². The zero-order chi connectivity index (χ0) is 23.5. The number of para-hydroxylation sites is 1. The van der Waals surface area contributed by atoms with Gasteiger partial charge < -0.3 is 5.32 Å². The molecule has 2 aromatic carbocycles. The number of rotatable bonds is 7. The third-order valence-electron chi connectivity index (χ3n) is 4.87. The third kappa shape index (κ3) is 5.23. The zero-order valence-electron chi connectivity index (χ0n) is 18.5. The number of likely N-dealkylation sites (N-methyl/N-ethyl adjacent to an activating group) is 1. The molecular weight excluding hydrogens is 431 g/mol. The van der Waals surface area contributed by atoms with Crippen LogP contribution in [0.2, 0.25) is 0 Å². The minimum atomic E-state index is -3.95. The van der Waals surface area contributed by atoms with Gasteiger partial charge in [0.25, 0.3) is 0 Å². The van der Waals surface area contributed by atoms with Gasteiger partial charge in [-0.1, -0.05) is 45.9 Å². The van der Waals surface area contributed by atoms with E-state index in [4.69, 9.17) is 0 Å². The molecule has 7 nitrogen and oxygen atoms in total. The molecule has 0 bridgehead atoms. The standard InChI is InChI=1S/C23H27FN4O3S/c1-5-27(32(30,31)19-13-11-17(24)12-14-19)16-22(29)25-21-15-20(23(2,3)4)26-28(21)18-9-7-6-8-10-18/h6-15H,5,16H2,1-4H3,(H,25,29). The van der Waals surface area contributed by atoms with Crippen LogP contribution >= 0.6 is 0 Å². The molecule has 0 unspecified atom stereocenters. The van der Waals surface area contributed by atoms with Gasteiger partial charge in [0, 0.05) is 18.0 Å². The van der Waals surface area contributed by atoms with E-state index in [2.05, 4.69) is 10.4 Å². The molecule has 1 heterocycles. The van der Waals surface area contributed by atoms with Crippen LogP contribution in [-0.4, -0.2) is 41.5 Å². The maximum atomic E-state index is 13.2.